The molecular weight excluding hydrogens is 280 g/mol. The van der Waals surface area contributed by atoms with E-state index in [1.807, 2.05) is 6.07 Å². The second-order valence-electron chi connectivity index (χ2n) is 4.17. The van der Waals surface area contributed by atoms with E-state index < -0.39 is 5.97 Å². The lowest BCUT2D eigenvalue weighted by atomic mass is 10.1. The summed E-state index contributed by atoms with van der Waals surface area (Å²) >= 11 is 1.26. The molecule has 106 valence electrons. The minimum atomic E-state index is -0.496. The maximum absolute atomic E-state index is 11.7. The lowest BCUT2D eigenvalue weighted by Crippen LogP contribution is -2.12. The van der Waals surface area contributed by atoms with E-state index in [-0.39, 0.29) is 5.69 Å². The number of rotatable bonds is 3. The Kier molecular flexibility index (Phi) is 3.84. The van der Waals surface area contributed by atoms with E-state index in [1.54, 1.807) is 20.0 Å². The molecule has 0 bridgehead atoms. The smallest absolute Gasteiger partial charge is 0.343 e. The molecule has 0 radical (unpaired) electrons. The van der Waals surface area contributed by atoms with E-state index in [4.69, 9.17) is 10.5 Å². The molecule has 0 aliphatic carbocycles. The average Bonchev–Trinajstić information content (AvgIpc) is 2.73. The topological polar surface area (TPSA) is 103 Å². The fourth-order valence-corrected chi connectivity index (χ4v) is 2.57. The minimum absolute atomic E-state index is 0.298. The number of nitrogen functional groups attached to an aromatic ring is 1. The number of esters is 1. The van der Waals surface area contributed by atoms with Gasteiger partial charge in [-0.2, -0.15) is 0 Å². The number of ether oxygens (including phenoxy) is 1. The fourth-order valence-electron chi connectivity index (χ4n) is 1.63. The quantitative estimate of drug-likeness (QED) is 0.645. The van der Waals surface area contributed by atoms with Crippen molar-refractivity contribution in [2.45, 2.75) is 17.0 Å². The Labute approximate surface area is 119 Å². The lowest BCUT2D eigenvalue weighted by Gasteiger charge is -2.09. The van der Waals surface area contributed by atoms with Crippen molar-refractivity contribution in [3.8, 4) is 0 Å². The standard InChI is InChI=1S/C12H14N4O3S/c1-6-4-7(5-8(9(6)13)10(17)19-3)20-12-15-14-11(18)16(12)2/h4-5H,13H2,1-3H3,(H,14,18). The Bertz CT molecular complexity index is 720. The number of carbonyl (C=O) groups is 1. The fraction of sp³-hybridized carbons (Fsp3) is 0.250. The summed E-state index contributed by atoms with van der Waals surface area (Å²) in [5.41, 5.74) is 7.02. The van der Waals surface area contributed by atoms with Gasteiger partial charge in [-0.05, 0) is 36.4 Å². The van der Waals surface area contributed by atoms with Crippen LogP contribution in [0, 0.1) is 6.92 Å². The van der Waals surface area contributed by atoms with Crippen molar-refractivity contribution in [2.24, 2.45) is 7.05 Å². The molecule has 0 amide bonds. The summed E-state index contributed by atoms with van der Waals surface area (Å²) in [7, 11) is 2.91. The number of hydrogen-bond acceptors (Lipinski definition) is 6. The molecule has 0 atom stereocenters. The van der Waals surface area contributed by atoms with Gasteiger partial charge in [0.25, 0.3) is 0 Å². The highest BCUT2D eigenvalue weighted by molar-refractivity contribution is 7.99. The van der Waals surface area contributed by atoms with Crippen LogP contribution in [0.25, 0.3) is 0 Å². The zero-order valence-corrected chi connectivity index (χ0v) is 12.1. The number of H-pyrrole nitrogens is 1. The molecular formula is C12H14N4O3S. The Morgan fingerprint density at radius 2 is 2.20 bits per heavy atom. The Morgan fingerprint density at radius 3 is 2.75 bits per heavy atom. The lowest BCUT2D eigenvalue weighted by molar-refractivity contribution is 0.0601. The maximum atomic E-state index is 11.7. The molecule has 0 aliphatic heterocycles. The zero-order valence-electron chi connectivity index (χ0n) is 11.3. The van der Waals surface area contributed by atoms with Gasteiger partial charge < -0.3 is 10.5 Å². The minimum Gasteiger partial charge on any atom is -0.465 e. The van der Waals surface area contributed by atoms with Gasteiger partial charge in [0.2, 0.25) is 0 Å². The third-order valence-electron chi connectivity index (χ3n) is 2.81. The van der Waals surface area contributed by atoms with Gasteiger partial charge in [-0.15, -0.1) is 5.10 Å². The molecule has 3 N–H and O–H groups in total. The molecule has 1 aromatic heterocycles. The Hall–Kier alpha value is -2.22. The molecule has 8 heteroatoms. The van der Waals surface area contributed by atoms with Crippen LogP contribution in [0.2, 0.25) is 0 Å². The van der Waals surface area contributed by atoms with Crippen molar-refractivity contribution in [3.05, 3.63) is 33.7 Å². The van der Waals surface area contributed by atoms with Crippen LogP contribution in [-0.4, -0.2) is 27.8 Å². The third-order valence-corrected chi connectivity index (χ3v) is 3.83. The molecule has 0 fully saturated rings. The van der Waals surface area contributed by atoms with Crippen molar-refractivity contribution < 1.29 is 9.53 Å². The molecule has 1 aromatic carbocycles. The van der Waals surface area contributed by atoms with Gasteiger partial charge in [0.15, 0.2) is 5.16 Å². The van der Waals surface area contributed by atoms with Crippen LogP contribution in [0.15, 0.2) is 27.0 Å². The summed E-state index contributed by atoms with van der Waals surface area (Å²) in [6.45, 7) is 1.80. The van der Waals surface area contributed by atoms with E-state index in [2.05, 4.69) is 10.2 Å². The highest BCUT2D eigenvalue weighted by Gasteiger charge is 2.15. The average molecular weight is 294 g/mol. The summed E-state index contributed by atoms with van der Waals surface area (Å²) in [6.07, 6.45) is 0. The molecule has 7 nitrogen and oxygen atoms in total. The Morgan fingerprint density at radius 1 is 1.50 bits per heavy atom. The first-order chi connectivity index (χ1) is 9.43. The summed E-state index contributed by atoms with van der Waals surface area (Å²) in [6, 6.07) is 3.45. The summed E-state index contributed by atoms with van der Waals surface area (Å²) in [4.78, 5) is 23.7. The third kappa shape index (κ3) is 2.55. The first-order valence-electron chi connectivity index (χ1n) is 5.71. The summed E-state index contributed by atoms with van der Waals surface area (Å²) in [5.74, 6) is -0.496. The van der Waals surface area contributed by atoms with Crippen molar-refractivity contribution >= 4 is 23.4 Å². The van der Waals surface area contributed by atoms with Gasteiger partial charge >= 0.3 is 11.7 Å². The van der Waals surface area contributed by atoms with Crippen LogP contribution in [-0.2, 0) is 11.8 Å². The van der Waals surface area contributed by atoms with Crippen molar-refractivity contribution in [1.29, 1.82) is 0 Å². The number of carbonyl (C=O) groups excluding carboxylic acids is 1. The molecule has 0 saturated heterocycles. The molecule has 0 unspecified atom stereocenters. The van der Waals surface area contributed by atoms with E-state index in [0.717, 1.165) is 10.5 Å². The second kappa shape index (κ2) is 5.41. The van der Waals surface area contributed by atoms with Crippen LogP contribution < -0.4 is 11.4 Å². The zero-order chi connectivity index (χ0) is 14.9. The van der Waals surface area contributed by atoms with Crippen molar-refractivity contribution in [3.63, 3.8) is 0 Å². The van der Waals surface area contributed by atoms with E-state index in [9.17, 15) is 9.59 Å². The number of nitrogens with two attached hydrogens (primary N) is 1. The van der Waals surface area contributed by atoms with Gasteiger partial charge in [-0.1, -0.05) is 0 Å². The number of nitrogens with zero attached hydrogens (tertiary/aromatic N) is 2. The highest BCUT2D eigenvalue weighted by Crippen LogP contribution is 2.30. The number of hydrogen-bond donors (Lipinski definition) is 2. The van der Waals surface area contributed by atoms with Gasteiger partial charge in [-0.25, -0.2) is 14.7 Å². The van der Waals surface area contributed by atoms with Crippen molar-refractivity contribution in [1.82, 2.24) is 14.8 Å². The summed E-state index contributed by atoms with van der Waals surface area (Å²) < 4.78 is 6.08. The van der Waals surface area contributed by atoms with Gasteiger partial charge in [0.1, 0.15) is 0 Å². The molecule has 1 heterocycles. The number of benzene rings is 1. The number of aryl methyl sites for hydroxylation is 1. The molecule has 0 spiro atoms. The largest absolute Gasteiger partial charge is 0.465 e. The second-order valence-corrected chi connectivity index (χ2v) is 5.21. The van der Waals surface area contributed by atoms with Gasteiger partial charge in [0, 0.05) is 17.6 Å². The van der Waals surface area contributed by atoms with Crippen LogP contribution in [0.4, 0.5) is 5.69 Å². The number of nitrogens with one attached hydrogen (secondary N) is 1. The Balaban J connectivity index is 2.43. The van der Waals surface area contributed by atoms with E-state index >= 15 is 0 Å². The number of aromatic nitrogens is 3. The predicted molar refractivity (Wildman–Crippen MR) is 74.9 cm³/mol. The normalized spacial score (nSPS) is 10.6. The molecule has 0 aliphatic rings. The molecule has 2 aromatic rings. The van der Waals surface area contributed by atoms with Crippen LogP contribution in [0.1, 0.15) is 15.9 Å². The van der Waals surface area contributed by atoms with E-state index in [1.165, 1.54) is 23.4 Å². The first kappa shape index (κ1) is 14.2. The molecule has 2 rings (SSSR count). The molecule has 0 saturated carbocycles. The summed E-state index contributed by atoms with van der Waals surface area (Å²) in [5, 5.41) is 6.75. The van der Waals surface area contributed by atoms with Gasteiger partial charge in [-0.3, -0.25) is 4.57 Å². The van der Waals surface area contributed by atoms with Crippen LogP contribution >= 0.6 is 11.8 Å². The van der Waals surface area contributed by atoms with Crippen LogP contribution in [0.5, 0.6) is 0 Å². The number of anilines is 1. The highest BCUT2D eigenvalue weighted by atomic mass is 32.2. The number of aromatic amines is 1. The maximum Gasteiger partial charge on any atom is 0.343 e. The molecule has 20 heavy (non-hydrogen) atoms. The first-order valence-corrected chi connectivity index (χ1v) is 6.53. The monoisotopic (exact) mass is 294 g/mol. The van der Waals surface area contributed by atoms with Gasteiger partial charge in [0.05, 0.1) is 12.7 Å². The van der Waals surface area contributed by atoms with Crippen molar-refractivity contribution in [2.75, 3.05) is 12.8 Å². The SMILES string of the molecule is COC(=O)c1cc(Sc2n[nH]c(=O)n2C)cc(C)c1N. The predicted octanol–water partition coefficient (Wildman–Crippen LogP) is 0.937. The van der Waals surface area contributed by atoms with Crippen LogP contribution in [0.3, 0.4) is 0 Å². The number of methoxy groups -OCH3 is 1. The van der Waals surface area contributed by atoms with E-state index in [0.29, 0.717) is 16.4 Å².